The van der Waals surface area contributed by atoms with Gasteiger partial charge >= 0.3 is 0 Å². The topological polar surface area (TPSA) is 73.5 Å². The number of halogens is 2. The first-order chi connectivity index (χ1) is 13.8. The Morgan fingerprint density at radius 2 is 1.76 bits per heavy atom. The molecule has 4 rings (SSSR count). The molecular formula is C20H19BrFN3O3S. The number of hydrogen-bond donors (Lipinski definition) is 1. The fraction of sp³-hybridized carbons (Fsp3) is 0.250. The molecule has 1 N–H and O–H groups in total. The van der Waals surface area contributed by atoms with Crippen LogP contribution in [0.15, 0.2) is 57.9 Å². The summed E-state index contributed by atoms with van der Waals surface area (Å²) in [5, 5.41) is 0.937. The van der Waals surface area contributed by atoms with Crippen molar-refractivity contribution in [3.63, 3.8) is 0 Å². The second kappa shape index (κ2) is 7.89. The van der Waals surface area contributed by atoms with E-state index in [0.29, 0.717) is 25.2 Å². The number of sulfonamides is 1. The number of aromatic nitrogens is 1. The molecule has 0 radical (unpaired) electrons. The number of hydrogen-bond acceptors (Lipinski definition) is 3. The SMILES string of the molecule is O=C(c1cc2ccc(Br)cc2[nH]1)N1CCCN(S(=O)(=O)c2ccc(F)cc2)CC1. The van der Waals surface area contributed by atoms with Crippen molar-refractivity contribution in [1.82, 2.24) is 14.2 Å². The van der Waals surface area contributed by atoms with Gasteiger partial charge in [0.05, 0.1) is 4.90 Å². The van der Waals surface area contributed by atoms with Crippen LogP contribution in [0, 0.1) is 5.82 Å². The van der Waals surface area contributed by atoms with E-state index in [1.165, 1.54) is 16.4 Å². The summed E-state index contributed by atoms with van der Waals surface area (Å²) in [6, 6.07) is 12.3. The van der Waals surface area contributed by atoms with Crippen molar-refractivity contribution in [3.05, 3.63) is 64.5 Å². The number of amides is 1. The Hall–Kier alpha value is -2.23. The highest BCUT2D eigenvalue weighted by Gasteiger charge is 2.29. The fourth-order valence-corrected chi connectivity index (χ4v) is 5.31. The Kier molecular flexibility index (Phi) is 5.46. The van der Waals surface area contributed by atoms with Gasteiger partial charge in [-0.25, -0.2) is 12.8 Å². The third-order valence-electron chi connectivity index (χ3n) is 5.01. The summed E-state index contributed by atoms with van der Waals surface area (Å²) in [5.41, 5.74) is 1.34. The lowest BCUT2D eigenvalue weighted by Gasteiger charge is -2.21. The first-order valence-electron chi connectivity index (χ1n) is 9.18. The zero-order chi connectivity index (χ0) is 20.6. The molecule has 1 aliphatic heterocycles. The molecule has 0 saturated carbocycles. The standard InChI is InChI=1S/C20H19BrFN3O3S/c21-15-3-2-14-12-19(23-18(14)13-15)20(26)24-8-1-9-25(11-10-24)29(27,28)17-6-4-16(22)5-7-17/h2-7,12-13,23H,1,8-11H2. The van der Waals surface area contributed by atoms with Gasteiger partial charge in [0.25, 0.3) is 5.91 Å². The van der Waals surface area contributed by atoms with Gasteiger partial charge in [0, 0.05) is 41.6 Å². The van der Waals surface area contributed by atoms with Crippen molar-refractivity contribution in [3.8, 4) is 0 Å². The van der Waals surface area contributed by atoms with Crippen LogP contribution >= 0.6 is 15.9 Å². The first kappa shape index (κ1) is 20.1. The fourth-order valence-electron chi connectivity index (χ4n) is 3.48. The molecule has 0 atom stereocenters. The molecule has 152 valence electrons. The van der Waals surface area contributed by atoms with Crippen molar-refractivity contribution in [1.29, 1.82) is 0 Å². The minimum absolute atomic E-state index is 0.0554. The molecule has 3 aromatic rings. The van der Waals surface area contributed by atoms with Gasteiger partial charge in [-0.3, -0.25) is 4.79 Å². The monoisotopic (exact) mass is 479 g/mol. The molecule has 1 amide bonds. The Morgan fingerprint density at radius 1 is 1.00 bits per heavy atom. The molecule has 0 spiro atoms. The smallest absolute Gasteiger partial charge is 0.270 e. The number of rotatable bonds is 3. The average molecular weight is 480 g/mol. The van der Waals surface area contributed by atoms with Crippen LogP contribution < -0.4 is 0 Å². The van der Waals surface area contributed by atoms with Crippen LogP contribution in [0.3, 0.4) is 0 Å². The highest BCUT2D eigenvalue weighted by atomic mass is 79.9. The molecule has 1 fully saturated rings. The van der Waals surface area contributed by atoms with Crippen molar-refractivity contribution in [2.24, 2.45) is 0 Å². The van der Waals surface area contributed by atoms with Gasteiger partial charge in [0.1, 0.15) is 11.5 Å². The van der Waals surface area contributed by atoms with Gasteiger partial charge in [0.2, 0.25) is 10.0 Å². The lowest BCUT2D eigenvalue weighted by Crippen LogP contribution is -2.37. The molecule has 1 aliphatic rings. The number of carbonyl (C=O) groups excluding carboxylic acids is 1. The van der Waals surface area contributed by atoms with E-state index in [1.807, 2.05) is 24.3 Å². The van der Waals surface area contributed by atoms with Crippen LogP contribution in [-0.2, 0) is 10.0 Å². The number of nitrogens with one attached hydrogen (secondary N) is 1. The van der Waals surface area contributed by atoms with Crippen molar-refractivity contribution in [2.75, 3.05) is 26.2 Å². The van der Waals surface area contributed by atoms with E-state index >= 15 is 0 Å². The van der Waals surface area contributed by atoms with Crippen molar-refractivity contribution >= 4 is 42.8 Å². The van der Waals surface area contributed by atoms with Crippen molar-refractivity contribution in [2.45, 2.75) is 11.3 Å². The van der Waals surface area contributed by atoms with Crippen LogP contribution in [-0.4, -0.2) is 54.7 Å². The molecule has 0 unspecified atom stereocenters. The number of aromatic amines is 1. The molecule has 9 heteroatoms. The highest BCUT2D eigenvalue weighted by molar-refractivity contribution is 9.10. The second-order valence-electron chi connectivity index (χ2n) is 6.92. The summed E-state index contributed by atoms with van der Waals surface area (Å²) in [5.74, 6) is -0.639. The molecule has 0 aliphatic carbocycles. The maximum absolute atomic E-state index is 13.1. The number of carbonyl (C=O) groups is 1. The first-order valence-corrected chi connectivity index (χ1v) is 11.4. The molecule has 2 aromatic carbocycles. The number of fused-ring (bicyclic) bond motifs is 1. The lowest BCUT2D eigenvalue weighted by atomic mass is 10.2. The zero-order valence-electron chi connectivity index (χ0n) is 15.4. The van der Waals surface area contributed by atoms with Crippen LogP contribution in [0.2, 0.25) is 0 Å². The largest absolute Gasteiger partial charge is 0.350 e. The third kappa shape index (κ3) is 4.08. The molecule has 1 aromatic heterocycles. The molecule has 1 saturated heterocycles. The highest BCUT2D eigenvalue weighted by Crippen LogP contribution is 2.22. The quantitative estimate of drug-likeness (QED) is 0.623. The van der Waals surface area contributed by atoms with E-state index in [4.69, 9.17) is 0 Å². The van der Waals surface area contributed by atoms with E-state index in [1.54, 1.807) is 4.90 Å². The van der Waals surface area contributed by atoms with Gasteiger partial charge in [-0.2, -0.15) is 4.31 Å². The second-order valence-corrected chi connectivity index (χ2v) is 9.77. The molecule has 6 nitrogen and oxygen atoms in total. The van der Waals surface area contributed by atoms with E-state index in [-0.39, 0.29) is 23.9 Å². The Labute approximate surface area is 176 Å². The Morgan fingerprint density at radius 3 is 2.52 bits per heavy atom. The van der Waals surface area contributed by atoms with Crippen molar-refractivity contribution < 1.29 is 17.6 Å². The van der Waals surface area contributed by atoms with E-state index < -0.39 is 15.8 Å². The Balaban J connectivity index is 1.50. The number of nitrogens with zero attached hydrogens (tertiary/aromatic N) is 2. The predicted molar refractivity (Wildman–Crippen MR) is 112 cm³/mol. The van der Waals surface area contributed by atoms with Gasteiger partial charge < -0.3 is 9.88 Å². The number of H-pyrrole nitrogens is 1. The number of benzene rings is 2. The summed E-state index contributed by atoms with van der Waals surface area (Å²) in [6.07, 6.45) is 0.526. The summed E-state index contributed by atoms with van der Waals surface area (Å²) < 4.78 is 41.1. The summed E-state index contributed by atoms with van der Waals surface area (Å²) in [6.45, 7) is 1.26. The lowest BCUT2D eigenvalue weighted by molar-refractivity contribution is 0.0759. The maximum Gasteiger partial charge on any atom is 0.270 e. The summed E-state index contributed by atoms with van der Waals surface area (Å²) in [7, 11) is -3.73. The van der Waals surface area contributed by atoms with E-state index in [0.717, 1.165) is 27.5 Å². The van der Waals surface area contributed by atoms with Crippen LogP contribution in [0.1, 0.15) is 16.9 Å². The van der Waals surface area contributed by atoms with Gasteiger partial charge in [-0.05, 0) is 48.9 Å². The molecule has 29 heavy (non-hydrogen) atoms. The van der Waals surface area contributed by atoms with Crippen LogP contribution in [0.5, 0.6) is 0 Å². The predicted octanol–water partition coefficient (Wildman–Crippen LogP) is 3.61. The van der Waals surface area contributed by atoms with Crippen LogP contribution in [0.25, 0.3) is 10.9 Å². The molecule has 0 bridgehead atoms. The van der Waals surface area contributed by atoms with E-state index in [9.17, 15) is 17.6 Å². The zero-order valence-corrected chi connectivity index (χ0v) is 17.8. The summed E-state index contributed by atoms with van der Waals surface area (Å²) >= 11 is 3.42. The van der Waals surface area contributed by atoms with Gasteiger partial charge in [0.15, 0.2) is 0 Å². The van der Waals surface area contributed by atoms with Gasteiger partial charge in [-0.1, -0.05) is 22.0 Å². The maximum atomic E-state index is 13.1. The summed E-state index contributed by atoms with van der Waals surface area (Å²) in [4.78, 5) is 17.8. The molecular weight excluding hydrogens is 461 g/mol. The minimum Gasteiger partial charge on any atom is -0.350 e. The van der Waals surface area contributed by atoms with Crippen LogP contribution in [0.4, 0.5) is 4.39 Å². The third-order valence-corrected chi connectivity index (χ3v) is 7.41. The van der Waals surface area contributed by atoms with E-state index in [2.05, 4.69) is 20.9 Å². The minimum atomic E-state index is -3.73. The average Bonchev–Trinajstić information content (AvgIpc) is 2.94. The normalized spacial score (nSPS) is 16.1. The van der Waals surface area contributed by atoms with Gasteiger partial charge in [-0.15, -0.1) is 0 Å². The Bertz CT molecular complexity index is 1160. The molecule has 2 heterocycles.